The van der Waals surface area contributed by atoms with Crippen LogP contribution in [0, 0.1) is 30.6 Å². The lowest BCUT2D eigenvalue weighted by atomic mass is 9.85. The number of nitrogens with zero attached hydrogens (tertiary/aromatic N) is 1. The second-order valence-corrected chi connectivity index (χ2v) is 7.77. The molecule has 1 heterocycles. The molecule has 2 aromatic carbocycles. The van der Waals surface area contributed by atoms with Crippen LogP contribution in [0.5, 0.6) is 5.75 Å². The minimum Gasteiger partial charge on any atom is -0.423 e. The first-order chi connectivity index (χ1) is 13.5. The SMILES string of the molecule is Cc1cccc(OC(=O)c2cccc(N3C(=O)[C@H]4[C@H](C3=O)[C@H]3C=C[C@H]4C3)c2)c1. The molecule has 2 aromatic rings. The van der Waals surface area contributed by atoms with E-state index in [-0.39, 0.29) is 35.5 Å². The first kappa shape index (κ1) is 16.9. The van der Waals surface area contributed by atoms with Crippen molar-refractivity contribution in [2.75, 3.05) is 4.90 Å². The Labute approximate surface area is 162 Å². The molecule has 4 atom stereocenters. The van der Waals surface area contributed by atoms with Crippen molar-refractivity contribution in [3.63, 3.8) is 0 Å². The van der Waals surface area contributed by atoms with Crippen molar-refractivity contribution in [1.82, 2.24) is 0 Å². The predicted molar refractivity (Wildman–Crippen MR) is 103 cm³/mol. The lowest BCUT2D eigenvalue weighted by molar-refractivity contribution is -0.123. The molecule has 1 saturated heterocycles. The minimum absolute atomic E-state index is 0.156. The Balaban J connectivity index is 1.41. The van der Waals surface area contributed by atoms with E-state index in [2.05, 4.69) is 12.2 Å². The second kappa shape index (κ2) is 6.16. The molecule has 5 heteroatoms. The van der Waals surface area contributed by atoms with E-state index in [9.17, 15) is 14.4 Å². The van der Waals surface area contributed by atoms with Crippen LogP contribution >= 0.6 is 0 Å². The van der Waals surface area contributed by atoms with E-state index in [4.69, 9.17) is 4.74 Å². The van der Waals surface area contributed by atoms with Crippen molar-refractivity contribution in [3.05, 3.63) is 71.8 Å². The van der Waals surface area contributed by atoms with E-state index in [0.717, 1.165) is 12.0 Å². The van der Waals surface area contributed by atoms with E-state index >= 15 is 0 Å². The van der Waals surface area contributed by atoms with Crippen LogP contribution in [0.4, 0.5) is 5.69 Å². The third-order valence-corrected chi connectivity index (χ3v) is 6.01. The molecule has 2 bridgehead atoms. The summed E-state index contributed by atoms with van der Waals surface area (Å²) < 4.78 is 5.43. The normalized spacial score (nSPS) is 27.4. The second-order valence-electron chi connectivity index (χ2n) is 7.77. The minimum atomic E-state index is -0.520. The van der Waals surface area contributed by atoms with E-state index in [1.807, 2.05) is 19.1 Å². The van der Waals surface area contributed by atoms with E-state index in [0.29, 0.717) is 17.0 Å². The van der Waals surface area contributed by atoms with Gasteiger partial charge in [0.1, 0.15) is 5.75 Å². The fourth-order valence-corrected chi connectivity index (χ4v) is 4.77. The molecule has 2 amide bonds. The van der Waals surface area contributed by atoms with Gasteiger partial charge in [-0.25, -0.2) is 9.69 Å². The molecule has 3 aliphatic rings. The summed E-state index contributed by atoms with van der Waals surface area (Å²) in [6, 6.07) is 13.8. The van der Waals surface area contributed by atoms with Gasteiger partial charge in [0.05, 0.1) is 23.1 Å². The van der Waals surface area contributed by atoms with Gasteiger partial charge in [0.15, 0.2) is 0 Å². The molecule has 0 spiro atoms. The smallest absolute Gasteiger partial charge is 0.343 e. The summed E-state index contributed by atoms with van der Waals surface area (Å²) in [5.41, 5.74) is 1.72. The monoisotopic (exact) mass is 373 g/mol. The molecule has 5 rings (SSSR count). The molecular formula is C23H19NO4. The van der Waals surface area contributed by atoms with Gasteiger partial charge in [0.25, 0.3) is 0 Å². The number of esters is 1. The van der Waals surface area contributed by atoms with Crippen LogP contribution < -0.4 is 9.64 Å². The maximum atomic E-state index is 13.0. The highest BCUT2D eigenvalue weighted by molar-refractivity contribution is 6.23. The third-order valence-electron chi connectivity index (χ3n) is 6.01. The number of benzene rings is 2. The number of hydrogen-bond donors (Lipinski definition) is 0. The largest absolute Gasteiger partial charge is 0.423 e. The zero-order chi connectivity index (χ0) is 19.4. The highest BCUT2D eigenvalue weighted by Crippen LogP contribution is 2.53. The van der Waals surface area contributed by atoms with Crippen LogP contribution in [-0.2, 0) is 9.59 Å². The van der Waals surface area contributed by atoms with E-state index < -0.39 is 5.97 Å². The Morgan fingerprint density at radius 3 is 2.32 bits per heavy atom. The highest BCUT2D eigenvalue weighted by Gasteiger charge is 2.59. The van der Waals surface area contributed by atoms with Gasteiger partial charge in [0, 0.05) is 0 Å². The first-order valence-corrected chi connectivity index (χ1v) is 9.48. The molecule has 0 N–H and O–H groups in total. The summed E-state index contributed by atoms with van der Waals surface area (Å²) in [7, 11) is 0. The number of aryl methyl sites for hydroxylation is 1. The van der Waals surface area contributed by atoms with Crippen molar-refractivity contribution in [3.8, 4) is 5.75 Å². The zero-order valence-corrected chi connectivity index (χ0v) is 15.4. The molecule has 5 nitrogen and oxygen atoms in total. The van der Waals surface area contributed by atoms with Gasteiger partial charge in [-0.3, -0.25) is 9.59 Å². The zero-order valence-electron chi connectivity index (χ0n) is 15.4. The Hall–Kier alpha value is -3.21. The molecule has 2 aliphatic carbocycles. The standard InChI is InChI=1S/C23H19NO4/c1-13-4-2-7-18(10-13)28-23(27)16-5-3-6-17(12-16)24-21(25)19-14-8-9-15(11-14)20(19)22(24)26/h2-10,12,14-15,19-20H,11H2,1H3/t14-,15-,19+,20+/m0/s1. The molecule has 1 saturated carbocycles. The number of anilines is 1. The number of hydrogen-bond acceptors (Lipinski definition) is 4. The maximum Gasteiger partial charge on any atom is 0.343 e. The summed E-state index contributed by atoms with van der Waals surface area (Å²) in [5.74, 6) is -0.575. The Kier molecular flexibility index (Phi) is 3.72. The first-order valence-electron chi connectivity index (χ1n) is 9.48. The summed E-state index contributed by atoms with van der Waals surface area (Å²) in [6.07, 6.45) is 5.02. The van der Waals surface area contributed by atoms with Crippen LogP contribution in [0.25, 0.3) is 0 Å². The topological polar surface area (TPSA) is 63.7 Å². The molecule has 28 heavy (non-hydrogen) atoms. The average Bonchev–Trinajstić information content (AvgIpc) is 3.36. The van der Waals surface area contributed by atoms with Gasteiger partial charge >= 0.3 is 5.97 Å². The van der Waals surface area contributed by atoms with Gasteiger partial charge in [-0.1, -0.05) is 30.4 Å². The number of carbonyl (C=O) groups is 3. The van der Waals surface area contributed by atoms with Crippen LogP contribution in [-0.4, -0.2) is 17.8 Å². The van der Waals surface area contributed by atoms with Crippen molar-refractivity contribution in [2.24, 2.45) is 23.7 Å². The fraction of sp³-hybridized carbons (Fsp3) is 0.261. The van der Waals surface area contributed by atoms with Gasteiger partial charge in [0.2, 0.25) is 11.8 Å². The lowest BCUT2D eigenvalue weighted by Gasteiger charge is -2.18. The maximum absolute atomic E-state index is 13.0. The van der Waals surface area contributed by atoms with Gasteiger partial charge < -0.3 is 4.74 Å². The molecule has 2 fully saturated rings. The molecule has 140 valence electrons. The molecule has 0 aromatic heterocycles. The Morgan fingerprint density at radius 1 is 0.964 bits per heavy atom. The van der Waals surface area contributed by atoms with Gasteiger partial charge in [-0.05, 0) is 61.1 Å². The number of imide groups is 1. The molecular weight excluding hydrogens is 354 g/mol. The summed E-state index contributed by atoms with van der Waals surface area (Å²) in [6.45, 7) is 1.92. The average molecular weight is 373 g/mol. The summed E-state index contributed by atoms with van der Waals surface area (Å²) in [5, 5.41) is 0. The fourth-order valence-electron chi connectivity index (χ4n) is 4.77. The number of allylic oxidation sites excluding steroid dienone is 2. The van der Waals surface area contributed by atoms with Crippen LogP contribution in [0.1, 0.15) is 22.3 Å². The van der Waals surface area contributed by atoms with E-state index in [1.54, 1.807) is 36.4 Å². The van der Waals surface area contributed by atoms with Crippen LogP contribution in [0.15, 0.2) is 60.7 Å². The number of rotatable bonds is 3. The number of ether oxygens (including phenoxy) is 1. The number of amides is 2. The quantitative estimate of drug-likeness (QED) is 0.357. The Morgan fingerprint density at radius 2 is 1.64 bits per heavy atom. The number of carbonyl (C=O) groups excluding carboxylic acids is 3. The Bertz CT molecular complexity index is 1010. The van der Waals surface area contributed by atoms with E-state index in [1.165, 1.54) is 4.90 Å². The van der Waals surface area contributed by atoms with Crippen molar-refractivity contribution >= 4 is 23.5 Å². The van der Waals surface area contributed by atoms with Crippen molar-refractivity contribution in [1.29, 1.82) is 0 Å². The molecule has 1 aliphatic heterocycles. The van der Waals surface area contributed by atoms with Gasteiger partial charge in [-0.2, -0.15) is 0 Å². The molecule has 0 radical (unpaired) electrons. The third kappa shape index (κ3) is 2.50. The highest BCUT2D eigenvalue weighted by atomic mass is 16.5. The van der Waals surface area contributed by atoms with Crippen molar-refractivity contribution < 1.29 is 19.1 Å². The van der Waals surface area contributed by atoms with Crippen LogP contribution in [0.3, 0.4) is 0 Å². The lowest BCUT2D eigenvalue weighted by Crippen LogP contribution is -2.33. The summed E-state index contributed by atoms with van der Waals surface area (Å²) in [4.78, 5) is 39.7. The number of fused-ring (bicyclic) bond motifs is 5. The predicted octanol–water partition coefficient (Wildman–Crippen LogP) is 3.53. The molecule has 0 unspecified atom stereocenters. The summed E-state index contributed by atoms with van der Waals surface area (Å²) >= 11 is 0. The van der Waals surface area contributed by atoms with Crippen molar-refractivity contribution in [2.45, 2.75) is 13.3 Å². The van der Waals surface area contributed by atoms with Gasteiger partial charge in [-0.15, -0.1) is 0 Å². The van der Waals surface area contributed by atoms with Crippen LogP contribution in [0.2, 0.25) is 0 Å².